The number of hydrogen-bond donors (Lipinski definition) is 0. The Kier molecular flexibility index (Phi) is 4.04. The monoisotopic (exact) mass is 363 g/mol. The smallest absolute Gasteiger partial charge is 0.316 e. The van der Waals surface area contributed by atoms with Crippen LogP contribution in [-0.2, 0) is 16.4 Å². The Morgan fingerprint density at radius 3 is 2.76 bits per heavy atom. The molecule has 7 nitrogen and oxygen atoms in total. The molecular weight excluding hydrogens is 342 g/mol. The van der Waals surface area contributed by atoms with Crippen LogP contribution in [0, 0.1) is 12.8 Å². The van der Waals surface area contributed by atoms with Gasteiger partial charge in [-0.25, -0.2) is 18.4 Å². The van der Waals surface area contributed by atoms with E-state index in [2.05, 4.69) is 14.9 Å². The maximum absolute atomic E-state index is 12.7. The number of furan rings is 1. The van der Waals surface area contributed by atoms with Crippen molar-refractivity contribution in [3.63, 3.8) is 0 Å². The zero-order valence-corrected chi connectivity index (χ0v) is 14.9. The molecule has 0 bridgehead atoms. The summed E-state index contributed by atoms with van der Waals surface area (Å²) in [7, 11) is -3.12. The number of aryl methyl sites for hydroxylation is 1. The summed E-state index contributed by atoms with van der Waals surface area (Å²) in [5.41, 5.74) is 0. The number of rotatable bonds is 5. The number of ether oxygens (including phenoxy) is 1. The number of nitrogens with zero attached hydrogens (tertiary/aromatic N) is 3. The second kappa shape index (κ2) is 6.10. The van der Waals surface area contributed by atoms with Crippen LogP contribution in [0.1, 0.15) is 17.9 Å². The minimum Gasteiger partial charge on any atom is -0.465 e. The molecule has 0 aliphatic carbocycles. The lowest BCUT2D eigenvalue weighted by Crippen LogP contribution is -2.67. The van der Waals surface area contributed by atoms with E-state index in [9.17, 15) is 8.42 Å². The Hall–Kier alpha value is -1.93. The zero-order valence-electron chi connectivity index (χ0n) is 14.1. The van der Waals surface area contributed by atoms with Gasteiger partial charge in [-0.1, -0.05) is 0 Å². The summed E-state index contributed by atoms with van der Waals surface area (Å²) in [4.78, 5) is 10.2. The van der Waals surface area contributed by atoms with Crippen LogP contribution in [0.4, 0.5) is 0 Å². The molecule has 2 aromatic heterocycles. The first kappa shape index (κ1) is 16.5. The summed E-state index contributed by atoms with van der Waals surface area (Å²) in [5.74, 6) is 1.93. The van der Waals surface area contributed by atoms with E-state index in [1.54, 1.807) is 18.5 Å². The Labute approximate surface area is 146 Å². The minimum atomic E-state index is -3.12. The molecule has 4 heterocycles. The van der Waals surface area contributed by atoms with Crippen molar-refractivity contribution in [3.05, 3.63) is 42.1 Å². The van der Waals surface area contributed by atoms with Gasteiger partial charge in [-0.15, -0.1) is 0 Å². The molecule has 0 saturated carbocycles. The van der Waals surface area contributed by atoms with Gasteiger partial charge in [-0.2, -0.15) is 0 Å². The quantitative estimate of drug-likeness (QED) is 0.795. The van der Waals surface area contributed by atoms with E-state index in [0.717, 1.165) is 11.5 Å². The Morgan fingerprint density at radius 1 is 1.32 bits per heavy atom. The molecule has 2 aliphatic heterocycles. The lowest BCUT2D eigenvalue weighted by Gasteiger charge is -2.49. The van der Waals surface area contributed by atoms with Crippen molar-refractivity contribution in [2.45, 2.75) is 24.6 Å². The average Bonchev–Trinajstić information content (AvgIpc) is 3.08. The van der Waals surface area contributed by atoms with E-state index in [-0.39, 0.29) is 11.7 Å². The fraction of sp³-hybridized carbons (Fsp3) is 0.529. The molecule has 2 fully saturated rings. The van der Waals surface area contributed by atoms with Crippen molar-refractivity contribution in [1.82, 2.24) is 14.9 Å². The number of likely N-dealkylation sites (tertiary alicyclic amines) is 1. The van der Waals surface area contributed by atoms with E-state index in [1.165, 1.54) is 0 Å². The molecular formula is C17H21N3O4S. The minimum absolute atomic E-state index is 0.0316. The van der Waals surface area contributed by atoms with Gasteiger partial charge < -0.3 is 9.15 Å². The van der Waals surface area contributed by atoms with Gasteiger partial charge in [0.15, 0.2) is 9.84 Å². The van der Waals surface area contributed by atoms with Crippen LogP contribution in [0.25, 0.3) is 0 Å². The highest BCUT2D eigenvalue weighted by Gasteiger charge is 2.61. The molecule has 0 aromatic carbocycles. The molecule has 0 unspecified atom stereocenters. The summed E-state index contributed by atoms with van der Waals surface area (Å²) in [6.07, 6.45) is 3.85. The van der Waals surface area contributed by atoms with Crippen LogP contribution < -0.4 is 4.74 Å². The van der Waals surface area contributed by atoms with Crippen molar-refractivity contribution in [3.8, 4) is 6.01 Å². The molecule has 1 atom stereocenters. The van der Waals surface area contributed by atoms with Gasteiger partial charge in [0, 0.05) is 31.4 Å². The summed E-state index contributed by atoms with van der Waals surface area (Å²) >= 11 is 0. The lowest BCUT2D eigenvalue weighted by atomic mass is 9.83. The molecule has 1 spiro atoms. The average molecular weight is 363 g/mol. The predicted octanol–water partition coefficient (Wildman–Crippen LogP) is 1.45. The van der Waals surface area contributed by atoms with Crippen LogP contribution in [0.3, 0.4) is 0 Å². The van der Waals surface area contributed by atoms with E-state index < -0.39 is 14.6 Å². The van der Waals surface area contributed by atoms with Gasteiger partial charge in [-0.05, 0) is 31.5 Å². The van der Waals surface area contributed by atoms with Gasteiger partial charge in [-0.3, -0.25) is 4.90 Å². The van der Waals surface area contributed by atoms with Crippen molar-refractivity contribution in [2.75, 3.05) is 25.4 Å². The van der Waals surface area contributed by atoms with Crippen LogP contribution in [0.5, 0.6) is 6.01 Å². The largest absolute Gasteiger partial charge is 0.465 e. The first-order chi connectivity index (χ1) is 12.0. The summed E-state index contributed by atoms with van der Waals surface area (Å²) in [6, 6.07) is 5.88. The van der Waals surface area contributed by atoms with Gasteiger partial charge in [0.1, 0.15) is 16.3 Å². The second-order valence-electron chi connectivity index (χ2n) is 6.87. The van der Waals surface area contributed by atoms with E-state index in [0.29, 0.717) is 38.7 Å². The highest BCUT2D eigenvalue weighted by Crippen LogP contribution is 2.45. The SMILES string of the molecule is Cc1ccc(CN2CC3(C2)[C@H](COc2ncccn2)CCS3(=O)=O)o1. The first-order valence-corrected chi connectivity index (χ1v) is 10.0. The highest BCUT2D eigenvalue weighted by atomic mass is 32.2. The molecule has 134 valence electrons. The molecule has 2 aromatic rings. The summed E-state index contributed by atoms with van der Waals surface area (Å²) < 4.78 is 35.8. The third-order valence-electron chi connectivity index (χ3n) is 5.21. The fourth-order valence-electron chi connectivity index (χ4n) is 3.86. The van der Waals surface area contributed by atoms with Crippen molar-refractivity contribution < 1.29 is 17.6 Å². The predicted molar refractivity (Wildman–Crippen MR) is 90.9 cm³/mol. The van der Waals surface area contributed by atoms with Crippen molar-refractivity contribution in [1.29, 1.82) is 0 Å². The number of aromatic nitrogens is 2. The Balaban J connectivity index is 1.43. The molecule has 0 radical (unpaired) electrons. The van der Waals surface area contributed by atoms with E-state index in [4.69, 9.17) is 9.15 Å². The molecule has 0 amide bonds. The molecule has 0 N–H and O–H groups in total. The Bertz CT molecular complexity index is 844. The number of sulfone groups is 1. The van der Waals surface area contributed by atoms with Crippen molar-refractivity contribution in [2.24, 2.45) is 5.92 Å². The van der Waals surface area contributed by atoms with E-state index >= 15 is 0 Å². The fourth-order valence-corrected chi connectivity index (χ4v) is 6.31. The standard InChI is InChI=1S/C17H21N3O4S/c1-13-3-4-15(24-13)9-20-11-17(12-20)14(5-8-25(17,21)22)10-23-16-18-6-2-7-19-16/h2-4,6-7,14H,5,8-12H2,1H3/t14-/m0/s1. The lowest BCUT2D eigenvalue weighted by molar-refractivity contribution is 0.0520. The van der Waals surface area contributed by atoms with Crippen LogP contribution in [0.15, 0.2) is 35.0 Å². The topological polar surface area (TPSA) is 85.5 Å². The van der Waals surface area contributed by atoms with Gasteiger partial charge >= 0.3 is 6.01 Å². The maximum Gasteiger partial charge on any atom is 0.316 e. The van der Waals surface area contributed by atoms with Crippen LogP contribution in [-0.4, -0.2) is 53.5 Å². The highest BCUT2D eigenvalue weighted by molar-refractivity contribution is 7.93. The van der Waals surface area contributed by atoms with Crippen LogP contribution >= 0.6 is 0 Å². The molecule has 2 aliphatic rings. The normalized spacial score (nSPS) is 24.3. The van der Waals surface area contributed by atoms with Gasteiger partial charge in [0.25, 0.3) is 0 Å². The maximum atomic E-state index is 12.7. The third kappa shape index (κ3) is 2.93. The van der Waals surface area contributed by atoms with Gasteiger partial charge in [0.05, 0.1) is 18.9 Å². The number of hydrogen-bond acceptors (Lipinski definition) is 7. The van der Waals surface area contributed by atoms with Crippen LogP contribution in [0.2, 0.25) is 0 Å². The summed E-state index contributed by atoms with van der Waals surface area (Å²) in [6.45, 7) is 3.93. The van der Waals surface area contributed by atoms with Crippen molar-refractivity contribution >= 4 is 9.84 Å². The first-order valence-electron chi connectivity index (χ1n) is 8.38. The molecule has 25 heavy (non-hydrogen) atoms. The third-order valence-corrected chi connectivity index (χ3v) is 7.82. The molecule has 2 saturated heterocycles. The second-order valence-corrected chi connectivity index (χ2v) is 9.32. The molecule has 4 rings (SSSR count). The molecule has 8 heteroatoms. The van der Waals surface area contributed by atoms with Gasteiger partial charge in [0.2, 0.25) is 0 Å². The van der Waals surface area contributed by atoms with E-state index in [1.807, 2.05) is 19.1 Å². The zero-order chi connectivity index (χ0) is 17.5. The summed E-state index contributed by atoms with van der Waals surface area (Å²) in [5, 5.41) is 0. The Morgan fingerprint density at radius 2 is 2.08 bits per heavy atom.